The maximum Gasteiger partial charge on any atom is 0.341 e. The molecule has 0 unspecified atom stereocenters. The number of ether oxygens (including phenoxy) is 1. The number of rotatable bonds is 6. The fraction of sp³-hybridized carbons (Fsp3) is 0.348. The molecule has 9 heteroatoms. The van der Waals surface area contributed by atoms with Gasteiger partial charge in [-0.3, -0.25) is 4.68 Å². The number of carbonyl (C=O) groups excluding carboxylic acids is 1. The smallest absolute Gasteiger partial charge is 0.341 e. The minimum absolute atomic E-state index is 0.291. The Morgan fingerprint density at radius 1 is 1.25 bits per heavy atom. The first-order valence-electron chi connectivity index (χ1n) is 10.6. The summed E-state index contributed by atoms with van der Waals surface area (Å²) in [7, 11) is 0. The lowest BCUT2D eigenvalue weighted by molar-refractivity contribution is 0.0526. The summed E-state index contributed by atoms with van der Waals surface area (Å²) in [6, 6.07) is 8.38. The number of halogens is 1. The summed E-state index contributed by atoms with van der Waals surface area (Å²) >= 11 is 10.7. The number of hydrogen-bond acceptors (Lipinski definition) is 5. The van der Waals surface area contributed by atoms with Crippen molar-refractivity contribution in [3.05, 3.63) is 62.1 Å². The number of nitrogens with zero attached hydrogens (tertiary/aromatic N) is 2. The maximum absolute atomic E-state index is 12.6. The number of nitrogens with one attached hydrogen (secondary N) is 2. The highest BCUT2D eigenvalue weighted by Crippen LogP contribution is 2.38. The quantitative estimate of drug-likeness (QED) is 0.303. The van der Waals surface area contributed by atoms with Crippen molar-refractivity contribution >= 4 is 61.4 Å². The van der Waals surface area contributed by atoms with E-state index in [0.717, 1.165) is 40.7 Å². The molecule has 0 atom stereocenters. The van der Waals surface area contributed by atoms with E-state index in [4.69, 9.17) is 17.0 Å². The van der Waals surface area contributed by atoms with Crippen molar-refractivity contribution in [3.63, 3.8) is 0 Å². The summed E-state index contributed by atoms with van der Waals surface area (Å²) in [5, 5.41) is 12.1. The molecule has 0 saturated heterocycles. The van der Waals surface area contributed by atoms with E-state index in [-0.39, 0.29) is 5.97 Å². The molecule has 3 aromatic rings. The van der Waals surface area contributed by atoms with Crippen LogP contribution >= 0.6 is 39.5 Å². The molecule has 0 bridgehead atoms. The molecule has 1 aromatic carbocycles. The molecule has 2 N–H and O–H groups in total. The van der Waals surface area contributed by atoms with Crippen LogP contribution in [0.2, 0.25) is 0 Å². The molecule has 2 aromatic heterocycles. The molecule has 4 rings (SSSR count). The first-order valence-corrected chi connectivity index (χ1v) is 12.6. The first-order chi connectivity index (χ1) is 15.4. The summed E-state index contributed by atoms with van der Waals surface area (Å²) in [5.41, 5.74) is 4.13. The van der Waals surface area contributed by atoms with Crippen LogP contribution in [0.5, 0.6) is 0 Å². The Bertz CT molecular complexity index is 1140. The van der Waals surface area contributed by atoms with Crippen molar-refractivity contribution < 1.29 is 9.53 Å². The number of esters is 1. The topological polar surface area (TPSA) is 68.2 Å². The number of fused-ring (bicyclic) bond motifs is 1. The average molecular weight is 534 g/mol. The number of aryl methyl sites for hydroxylation is 2. The van der Waals surface area contributed by atoms with Gasteiger partial charge in [-0.05, 0) is 78.8 Å². The summed E-state index contributed by atoms with van der Waals surface area (Å²) in [6.07, 6.45) is 6.03. The lowest BCUT2D eigenvalue weighted by Crippen LogP contribution is -2.21. The monoisotopic (exact) mass is 532 g/mol. The zero-order valence-corrected chi connectivity index (χ0v) is 21.3. The molecule has 0 aliphatic heterocycles. The van der Waals surface area contributed by atoms with Crippen LogP contribution in [0.1, 0.15) is 51.7 Å². The fourth-order valence-corrected chi connectivity index (χ4v) is 5.72. The Kier molecular flexibility index (Phi) is 7.27. The highest BCUT2D eigenvalue weighted by atomic mass is 79.9. The van der Waals surface area contributed by atoms with Crippen molar-refractivity contribution in [2.75, 3.05) is 17.2 Å². The predicted octanol–water partition coefficient (Wildman–Crippen LogP) is 5.93. The second kappa shape index (κ2) is 10.1. The Balaban J connectivity index is 1.48. The minimum Gasteiger partial charge on any atom is -0.462 e. The third-order valence-corrected chi connectivity index (χ3v) is 7.28. The molecular formula is C23H25BrN4O2S2. The van der Waals surface area contributed by atoms with Gasteiger partial charge in [0.05, 0.1) is 23.2 Å². The lowest BCUT2D eigenvalue weighted by atomic mass is 9.95. The van der Waals surface area contributed by atoms with Gasteiger partial charge < -0.3 is 15.4 Å². The van der Waals surface area contributed by atoms with Crippen molar-refractivity contribution in [1.82, 2.24) is 9.78 Å². The second-order valence-corrected chi connectivity index (χ2v) is 10.1. The number of anilines is 2. The van der Waals surface area contributed by atoms with E-state index < -0.39 is 0 Å². The van der Waals surface area contributed by atoms with E-state index in [1.54, 1.807) is 11.3 Å². The van der Waals surface area contributed by atoms with E-state index in [1.165, 1.54) is 16.0 Å². The van der Waals surface area contributed by atoms with Crippen LogP contribution in [0.15, 0.2) is 34.9 Å². The molecule has 32 heavy (non-hydrogen) atoms. The van der Waals surface area contributed by atoms with Gasteiger partial charge in [-0.2, -0.15) is 5.10 Å². The van der Waals surface area contributed by atoms with Gasteiger partial charge in [0, 0.05) is 11.1 Å². The zero-order chi connectivity index (χ0) is 22.7. The summed E-state index contributed by atoms with van der Waals surface area (Å²) < 4.78 is 7.98. The maximum atomic E-state index is 12.6. The minimum atomic E-state index is -0.291. The molecule has 0 fully saturated rings. The fourth-order valence-electron chi connectivity index (χ4n) is 3.76. The van der Waals surface area contributed by atoms with Crippen LogP contribution in [0.25, 0.3) is 0 Å². The Morgan fingerprint density at radius 3 is 2.75 bits per heavy atom. The molecule has 0 amide bonds. The standard InChI is InChI=1S/C23H25BrN4O2S2/c1-3-30-22(29)19-16-6-4-5-7-18(16)32-21(19)26-23(31)25-20-17(24)13-28(27-20)12-15-10-8-14(2)9-11-15/h8-11,13H,3-7,12H2,1-2H3,(H2,25,26,27,31). The van der Waals surface area contributed by atoms with Crippen LogP contribution < -0.4 is 10.6 Å². The van der Waals surface area contributed by atoms with E-state index >= 15 is 0 Å². The van der Waals surface area contributed by atoms with Crippen LogP contribution in [-0.4, -0.2) is 27.5 Å². The number of hydrogen-bond donors (Lipinski definition) is 2. The van der Waals surface area contributed by atoms with Crippen LogP contribution in [0.4, 0.5) is 10.8 Å². The molecule has 168 valence electrons. The van der Waals surface area contributed by atoms with Gasteiger partial charge >= 0.3 is 5.97 Å². The van der Waals surface area contributed by atoms with E-state index in [1.807, 2.05) is 17.8 Å². The summed E-state index contributed by atoms with van der Waals surface area (Å²) in [4.78, 5) is 13.9. The van der Waals surface area contributed by atoms with Crippen molar-refractivity contribution in [1.29, 1.82) is 0 Å². The largest absolute Gasteiger partial charge is 0.462 e. The SMILES string of the molecule is CCOC(=O)c1c(NC(=S)Nc2nn(Cc3ccc(C)cc3)cc2Br)sc2c1CCCC2. The number of benzene rings is 1. The Labute approximate surface area is 205 Å². The highest BCUT2D eigenvalue weighted by molar-refractivity contribution is 9.10. The molecule has 0 saturated carbocycles. The Hall–Kier alpha value is -2.23. The van der Waals surface area contributed by atoms with E-state index in [0.29, 0.717) is 29.6 Å². The van der Waals surface area contributed by atoms with Crippen molar-refractivity contribution in [2.24, 2.45) is 0 Å². The molecule has 1 aliphatic rings. The second-order valence-electron chi connectivity index (χ2n) is 7.72. The van der Waals surface area contributed by atoms with Gasteiger partial charge in [-0.15, -0.1) is 11.3 Å². The zero-order valence-electron chi connectivity index (χ0n) is 18.0. The summed E-state index contributed by atoms with van der Waals surface area (Å²) in [6.45, 7) is 4.89. The van der Waals surface area contributed by atoms with Gasteiger partial charge in [-0.1, -0.05) is 29.8 Å². The number of thiophene rings is 1. The van der Waals surface area contributed by atoms with Gasteiger partial charge in [0.15, 0.2) is 10.9 Å². The molecule has 6 nitrogen and oxygen atoms in total. The average Bonchev–Trinajstić information content (AvgIpc) is 3.29. The van der Waals surface area contributed by atoms with Crippen molar-refractivity contribution in [2.45, 2.75) is 46.1 Å². The predicted molar refractivity (Wildman–Crippen MR) is 137 cm³/mol. The van der Waals surface area contributed by atoms with E-state index in [2.05, 4.69) is 62.9 Å². The highest BCUT2D eigenvalue weighted by Gasteiger charge is 2.27. The van der Waals surface area contributed by atoms with Gasteiger partial charge in [-0.25, -0.2) is 4.79 Å². The normalized spacial score (nSPS) is 12.8. The van der Waals surface area contributed by atoms with Crippen molar-refractivity contribution in [3.8, 4) is 0 Å². The number of aromatic nitrogens is 2. The number of carbonyl (C=O) groups is 1. The first kappa shape index (κ1) is 22.9. The van der Waals surface area contributed by atoms with Crippen LogP contribution in [-0.2, 0) is 24.1 Å². The molecule has 0 radical (unpaired) electrons. The summed E-state index contributed by atoms with van der Waals surface area (Å²) in [5.74, 6) is 0.328. The Morgan fingerprint density at radius 2 is 2.00 bits per heavy atom. The van der Waals surface area contributed by atoms with Gasteiger partial charge in [0.2, 0.25) is 0 Å². The number of thiocarbonyl (C=S) groups is 1. The molecule has 1 aliphatic carbocycles. The third kappa shape index (κ3) is 5.22. The van der Waals surface area contributed by atoms with E-state index in [9.17, 15) is 4.79 Å². The van der Waals surface area contributed by atoms with Crippen LogP contribution in [0, 0.1) is 6.92 Å². The van der Waals surface area contributed by atoms with Gasteiger partial charge in [0.1, 0.15) is 5.00 Å². The van der Waals surface area contributed by atoms with Crippen LogP contribution in [0.3, 0.4) is 0 Å². The third-order valence-electron chi connectivity index (χ3n) is 5.29. The lowest BCUT2D eigenvalue weighted by Gasteiger charge is -2.13. The molecule has 2 heterocycles. The van der Waals surface area contributed by atoms with Gasteiger partial charge in [0.25, 0.3) is 0 Å². The molecular weight excluding hydrogens is 508 g/mol. The molecule has 0 spiro atoms.